The molecule has 0 amide bonds. The van der Waals surface area contributed by atoms with Gasteiger partial charge in [0.05, 0.1) is 5.02 Å². The van der Waals surface area contributed by atoms with E-state index in [1.54, 1.807) is 12.3 Å². The van der Waals surface area contributed by atoms with Crippen LogP contribution in [0.1, 0.15) is 5.56 Å². The monoisotopic (exact) mass is 337 g/mol. The summed E-state index contributed by atoms with van der Waals surface area (Å²) in [5.41, 5.74) is 1.70. The van der Waals surface area contributed by atoms with Gasteiger partial charge >= 0.3 is 0 Å². The maximum absolute atomic E-state index is 6.12. The molecule has 0 saturated carbocycles. The summed E-state index contributed by atoms with van der Waals surface area (Å²) in [6, 6.07) is 5.59. The van der Waals surface area contributed by atoms with E-state index in [0.717, 1.165) is 5.56 Å². The number of imidazole rings is 1. The Bertz CT molecular complexity index is 757. The van der Waals surface area contributed by atoms with Gasteiger partial charge in [0.25, 0.3) is 5.88 Å². The summed E-state index contributed by atoms with van der Waals surface area (Å²) < 4.78 is 8.28. The first-order valence-electron chi connectivity index (χ1n) is 5.57. The predicted molar refractivity (Wildman–Crippen MR) is 77.0 cm³/mol. The van der Waals surface area contributed by atoms with Crippen LogP contribution in [0, 0.1) is 6.92 Å². The highest BCUT2D eigenvalue weighted by Crippen LogP contribution is 2.31. The Hall–Kier alpha value is -1.59. The molecule has 0 aliphatic heterocycles. The van der Waals surface area contributed by atoms with Crippen molar-refractivity contribution < 1.29 is 4.74 Å². The van der Waals surface area contributed by atoms with Crippen molar-refractivity contribution in [2.75, 3.05) is 0 Å². The molecule has 0 spiro atoms. The van der Waals surface area contributed by atoms with E-state index >= 15 is 0 Å². The second-order valence-corrected chi connectivity index (χ2v) is 5.28. The van der Waals surface area contributed by atoms with Gasteiger partial charge in [-0.15, -0.1) is 0 Å². The van der Waals surface area contributed by atoms with Crippen LogP contribution in [0.3, 0.4) is 0 Å². The summed E-state index contributed by atoms with van der Waals surface area (Å²) in [5.74, 6) is 0.976. The molecule has 2 heterocycles. The minimum Gasteiger partial charge on any atom is -0.434 e. The lowest BCUT2D eigenvalue weighted by molar-refractivity contribution is 0.463. The van der Waals surface area contributed by atoms with Crippen LogP contribution in [0.15, 0.2) is 41.4 Å². The Balaban J connectivity index is 2.10. The van der Waals surface area contributed by atoms with E-state index in [-0.39, 0.29) is 0 Å². The van der Waals surface area contributed by atoms with Crippen LogP contribution in [0.2, 0.25) is 5.02 Å². The van der Waals surface area contributed by atoms with Crippen molar-refractivity contribution in [1.82, 2.24) is 14.4 Å². The number of hydrogen-bond donors (Lipinski definition) is 0. The van der Waals surface area contributed by atoms with Crippen molar-refractivity contribution in [2.45, 2.75) is 6.92 Å². The van der Waals surface area contributed by atoms with Crippen LogP contribution in [0.5, 0.6) is 11.6 Å². The van der Waals surface area contributed by atoms with E-state index in [2.05, 4.69) is 25.9 Å². The summed E-state index contributed by atoms with van der Waals surface area (Å²) in [4.78, 5) is 8.51. The van der Waals surface area contributed by atoms with Crippen LogP contribution in [0.4, 0.5) is 0 Å². The Morgan fingerprint density at radius 1 is 1.37 bits per heavy atom. The fraction of sp³-hybridized carbons (Fsp3) is 0.0769. The van der Waals surface area contributed by atoms with Gasteiger partial charge in [0, 0.05) is 18.6 Å². The van der Waals surface area contributed by atoms with Crippen molar-refractivity contribution in [3.8, 4) is 11.6 Å². The maximum Gasteiger partial charge on any atom is 0.265 e. The number of halogens is 2. The first-order chi connectivity index (χ1) is 9.13. The van der Waals surface area contributed by atoms with Gasteiger partial charge < -0.3 is 4.74 Å². The van der Waals surface area contributed by atoms with Gasteiger partial charge in [0.15, 0.2) is 0 Å². The second-order valence-electron chi connectivity index (χ2n) is 4.06. The average molecular weight is 339 g/mol. The molecule has 4 nitrogen and oxygen atoms in total. The molecule has 6 heteroatoms. The van der Waals surface area contributed by atoms with Crippen LogP contribution < -0.4 is 4.74 Å². The molecule has 0 fully saturated rings. The van der Waals surface area contributed by atoms with E-state index in [1.807, 2.05) is 35.9 Å². The highest BCUT2D eigenvalue weighted by molar-refractivity contribution is 9.10. The first-order valence-corrected chi connectivity index (χ1v) is 6.74. The molecule has 19 heavy (non-hydrogen) atoms. The third kappa shape index (κ3) is 2.43. The van der Waals surface area contributed by atoms with Crippen molar-refractivity contribution in [3.05, 3.63) is 52.0 Å². The van der Waals surface area contributed by atoms with Crippen LogP contribution in [0.25, 0.3) is 5.65 Å². The van der Waals surface area contributed by atoms with E-state index in [0.29, 0.717) is 26.9 Å². The number of aryl methyl sites for hydroxylation is 1. The Kier molecular flexibility index (Phi) is 3.16. The van der Waals surface area contributed by atoms with Crippen molar-refractivity contribution in [2.24, 2.45) is 0 Å². The average Bonchev–Trinajstić information content (AvgIpc) is 2.82. The van der Waals surface area contributed by atoms with Crippen molar-refractivity contribution in [3.63, 3.8) is 0 Å². The number of hydrogen-bond acceptors (Lipinski definition) is 3. The van der Waals surface area contributed by atoms with E-state index in [1.165, 1.54) is 0 Å². The van der Waals surface area contributed by atoms with Gasteiger partial charge in [-0.05, 0) is 40.5 Å². The highest BCUT2D eigenvalue weighted by atomic mass is 79.9. The molecular weight excluding hydrogens is 330 g/mol. The third-order valence-corrected chi connectivity index (χ3v) is 3.30. The molecule has 1 aromatic carbocycles. The van der Waals surface area contributed by atoms with Crippen LogP contribution in [-0.2, 0) is 0 Å². The SMILES string of the molecule is Cc1ccc(Cl)c(Oc2nc(Br)cn3ccnc23)c1. The van der Waals surface area contributed by atoms with E-state index in [9.17, 15) is 0 Å². The quantitative estimate of drug-likeness (QED) is 0.701. The van der Waals surface area contributed by atoms with Gasteiger partial charge in [0.1, 0.15) is 10.4 Å². The molecule has 0 aliphatic carbocycles. The summed E-state index contributed by atoms with van der Waals surface area (Å²) in [7, 11) is 0. The Morgan fingerprint density at radius 2 is 2.21 bits per heavy atom. The number of aromatic nitrogens is 3. The molecule has 0 saturated heterocycles. The fourth-order valence-corrected chi connectivity index (χ4v) is 2.27. The molecule has 0 unspecified atom stereocenters. The molecule has 0 aliphatic rings. The molecular formula is C13H9BrClN3O. The zero-order valence-electron chi connectivity index (χ0n) is 9.97. The third-order valence-electron chi connectivity index (χ3n) is 2.61. The van der Waals surface area contributed by atoms with Gasteiger partial charge in [-0.1, -0.05) is 17.7 Å². The van der Waals surface area contributed by atoms with Crippen LogP contribution >= 0.6 is 27.5 Å². The lowest BCUT2D eigenvalue weighted by Gasteiger charge is -2.08. The molecule has 0 bridgehead atoms. The molecule has 96 valence electrons. The maximum atomic E-state index is 6.12. The van der Waals surface area contributed by atoms with Crippen LogP contribution in [-0.4, -0.2) is 14.4 Å². The second kappa shape index (κ2) is 4.83. The number of ether oxygens (including phenoxy) is 1. The Morgan fingerprint density at radius 3 is 3.05 bits per heavy atom. The van der Waals surface area contributed by atoms with Gasteiger partial charge in [-0.2, -0.15) is 0 Å². The van der Waals surface area contributed by atoms with Gasteiger partial charge in [-0.25, -0.2) is 9.97 Å². The molecule has 0 radical (unpaired) electrons. The predicted octanol–water partition coefficient (Wildman–Crippen LogP) is 4.25. The molecule has 0 atom stereocenters. The lowest BCUT2D eigenvalue weighted by Crippen LogP contribution is -1.95. The lowest BCUT2D eigenvalue weighted by atomic mass is 10.2. The normalized spacial score (nSPS) is 10.9. The minimum absolute atomic E-state index is 0.409. The molecule has 0 N–H and O–H groups in total. The largest absolute Gasteiger partial charge is 0.434 e. The number of nitrogens with zero attached hydrogens (tertiary/aromatic N) is 3. The van der Waals surface area contributed by atoms with E-state index in [4.69, 9.17) is 16.3 Å². The van der Waals surface area contributed by atoms with Crippen molar-refractivity contribution in [1.29, 1.82) is 0 Å². The van der Waals surface area contributed by atoms with E-state index < -0.39 is 0 Å². The number of fused-ring (bicyclic) bond motifs is 1. The number of benzene rings is 1. The molecule has 3 aromatic rings. The Labute approximate surface area is 123 Å². The minimum atomic E-state index is 0.409. The van der Waals surface area contributed by atoms with Gasteiger partial charge in [0.2, 0.25) is 5.65 Å². The smallest absolute Gasteiger partial charge is 0.265 e. The zero-order chi connectivity index (χ0) is 13.4. The summed E-state index contributed by atoms with van der Waals surface area (Å²) in [6.45, 7) is 1.97. The zero-order valence-corrected chi connectivity index (χ0v) is 12.3. The summed E-state index contributed by atoms with van der Waals surface area (Å²) in [5, 5.41) is 0.539. The summed E-state index contributed by atoms with van der Waals surface area (Å²) in [6.07, 6.45) is 5.33. The number of rotatable bonds is 2. The standard InChI is InChI=1S/C13H9BrClN3O/c1-8-2-3-9(15)10(6-8)19-13-12-16-4-5-18(12)7-11(14)17-13/h2-7H,1H3. The summed E-state index contributed by atoms with van der Waals surface area (Å²) >= 11 is 9.46. The fourth-order valence-electron chi connectivity index (χ4n) is 1.73. The molecule has 3 rings (SSSR count). The van der Waals surface area contributed by atoms with Crippen molar-refractivity contribution >= 4 is 33.2 Å². The molecule has 2 aromatic heterocycles. The first kappa shape index (κ1) is 12.4. The van der Waals surface area contributed by atoms with Gasteiger partial charge in [-0.3, -0.25) is 4.40 Å². The highest BCUT2D eigenvalue weighted by Gasteiger charge is 2.11. The topological polar surface area (TPSA) is 39.4 Å².